The van der Waals surface area contributed by atoms with Crippen LogP contribution in [0.15, 0.2) is 22.7 Å². The molecule has 1 aromatic heterocycles. The van der Waals surface area contributed by atoms with Crippen molar-refractivity contribution in [2.45, 2.75) is 6.42 Å². The quantitative estimate of drug-likeness (QED) is 0.758. The van der Waals surface area contributed by atoms with E-state index in [0.717, 1.165) is 0 Å². The van der Waals surface area contributed by atoms with E-state index in [2.05, 4.69) is 10.1 Å². The average Bonchev–Trinajstić information content (AvgIpc) is 2.67. The van der Waals surface area contributed by atoms with Crippen LogP contribution in [0.25, 0.3) is 11.5 Å². The standard InChI is InChI=1S/C10H10FN3O2/c11-6-2-1-3-7(12)9(6)10-13-8(4-5-15)14-16-10/h1-3,15H,4-5,12H2. The Morgan fingerprint density at radius 1 is 1.44 bits per heavy atom. The summed E-state index contributed by atoms with van der Waals surface area (Å²) in [5.41, 5.74) is 5.95. The number of aliphatic hydroxyl groups excluding tert-OH is 1. The van der Waals surface area contributed by atoms with Crippen LogP contribution >= 0.6 is 0 Å². The van der Waals surface area contributed by atoms with E-state index in [1.165, 1.54) is 12.1 Å². The van der Waals surface area contributed by atoms with Crippen molar-refractivity contribution in [1.29, 1.82) is 0 Å². The summed E-state index contributed by atoms with van der Waals surface area (Å²) in [4.78, 5) is 3.93. The molecule has 16 heavy (non-hydrogen) atoms. The monoisotopic (exact) mass is 223 g/mol. The first-order valence-electron chi connectivity index (χ1n) is 4.70. The normalized spacial score (nSPS) is 10.6. The summed E-state index contributed by atoms with van der Waals surface area (Å²) in [6, 6.07) is 4.31. The Labute approximate surface area is 90.7 Å². The van der Waals surface area contributed by atoms with Crippen molar-refractivity contribution in [3.05, 3.63) is 29.8 Å². The fourth-order valence-corrected chi connectivity index (χ4v) is 1.32. The van der Waals surface area contributed by atoms with Crippen molar-refractivity contribution in [1.82, 2.24) is 10.1 Å². The highest BCUT2D eigenvalue weighted by atomic mass is 19.1. The number of anilines is 1. The van der Waals surface area contributed by atoms with Gasteiger partial charge in [0.05, 0.1) is 12.2 Å². The number of halogens is 1. The predicted molar refractivity (Wildman–Crippen MR) is 54.9 cm³/mol. The van der Waals surface area contributed by atoms with Gasteiger partial charge in [0.25, 0.3) is 5.89 Å². The van der Waals surface area contributed by atoms with Crippen molar-refractivity contribution in [3.8, 4) is 11.5 Å². The zero-order chi connectivity index (χ0) is 11.5. The first-order chi connectivity index (χ1) is 7.72. The van der Waals surface area contributed by atoms with Crippen LogP contribution in [-0.4, -0.2) is 21.9 Å². The number of nitrogens with zero attached hydrogens (tertiary/aromatic N) is 2. The van der Waals surface area contributed by atoms with E-state index < -0.39 is 5.82 Å². The third-order valence-electron chi connectivity index (χ3n) is 2.06. The summed E-state index contributed by atoms with van der Waals surface area (Å²) in [7, 11) is 0. The van der Waals surface area contributed by atoms with Gasteiger partial charge in [0, 0.05) is 12.1 Å². The Hall–Kier alpha value is -1.95. The fraction of sp³-hybridized carbons (Fsp3) is 0.200. The molecule has 0 aliphatic rings. The minimum absolute atomic E-state index is 0.0269. The molecule has 1 aromatic carbocycles. The van der Waals surface area contributed by atoms with E-state index in [0.29, 0.717) is 5.82 Å². The van der Waals surface area contributed by atoms with E-state index in [1.54, 1.807) is 6.07 Å². The number of rotatable bonds is 3. The third-order valence-corrected chi connectivity index (χ3v) is 2.06. The molecule has 0 fully saturated rings. The van der Waals surface area contributed by atoms with E-state index in [1.807, 2.05) is 0 Å². The first-order valence-corrected chi connectivity index (χ1v) is 4.70. The van der Waals surface area contributed by atoms with Crippen LogP contribution in [0.5, 0.6) is 0 Å². The minimum atomic E-state index is -0.515. The highest BCUT2D eigenvalue weighted by molar-refractivity contribution is 5.70. The highest BCUT2D eigenvalue weighted by Crippen LogP contribution is 2.27. The van der Waals surface area contributed by atoms with Crippen LogP contribution in [0.1, 0.15) is 5.82 Å². The lowest BCUT2D eigenvalue weighted by Gasteiger charge is -2.00. The number of hydrogen-bond acceptors (Lipinski definition) is 5. The molecule has 2 aromatic rings. The number of hydrogen-bond donors (Lipinski definition) is 2. The maximum Gasteiger partial charge on any atom is 0.263 e. The Bertz CT molecular complexity index is 478. The van der Waals surface area contributed by atoms with Gasteiger partial charge < -0.3 is 15.4 Å². The summed E-state index contributed by atoms with van der Waals surface area (Å²) in [5.74, 6) is -0.168. The molecule has 2 rings (SSSR count). The zero-order valence-corrected chi connectivity index (χ0v) is 8.35. The molecule has 3 N–H and O–H groups in total. The molecule has 84 valence electrons. The number of aromatic nitrogens is 2. The molecule has 0 spiro atoms. The van der Waals surface area contributed by atoms with E-state index in [9.17, 15) is 4.39 Å². The molecule has 0 aliphatic carbocycles. The number of benzene rings is 1. The second-order valence-electron chi connectivity index (χ2n) is 3.19. The second kappa shape index (κ2) is 4.28. The second-order valence-corrected chi connectivity index (χ2v) is 3.19. The lowest BCUT2D eigenvalue weighted by Crippen LogP contribution is -1.95. The molecule has 5 nitrogen and oxygen atoms in total. The van der Waals surface area contributed by atoms with Crippen molar-refractivity contribution in [2.24, 2.45) is 0 Å². The summed E-state index contributed by atoms with van der Waals surface area (Å²) in [6.45, 7) is -0.0915. The smallest absolute Gasteiger partial charge is 0.263 e. The van der Waals surface area contributed by atoms with Crippen molar-refractivity contribution < 1.29 is 14.0 Å². The van der Waals surface area contributed by atoms with Crippen LogP contribution in [0.3, 0.4) is 0 Å². The number of nitrogens with two attached hydrogens (primary N) is 1. The van der Waals surface area contributed by atoms with Gasteiger partial charge in [-0.05, 0) is 12.1 Å². The largest absolute Gasteiger partial charge is 0.398 e. The van der Waals surface area contributed by atoms with Crippen molar-refractivity contribution >= 4 is 5.69 Å². The Morgan fingerprint density at radius 3 is 2.94 bits per heavy atom. The highest BCUT2D eigenvalue weighted by Gasteiger charge is 2.15. The van der Waals surface area contributed by atoms with E-state index in [4.69, 9.17) is 15.4 Å². The SMILES string of the molecule is Nc1cccc(F)c1-c1nc(CCO)no1. The van der Waals surface area contributed by atoms with Crippen molar-refractivity contribution in [2.75, 3.05) is 12.3 Å². The molecule has 0 amide bonds. The van der Waals surface area contributed by atoms with Crippen LogP contribution in [0.2, 0.25) is 0 Å². The van der Waals surface area contributed by atoms with Gasteiger partial charge in [-0.3, -0.25) is 0 Å². The van der Waals surface area contributed by atoms with Gasteiger partial charge in [-0.2, -0.15) is 4.98 Å². The number of aliphatic hydroxyl groups is 1. The molecule has 0 saturated heterocycles. The first kappa shape index (κ1) is 10.6. The predicted octanol–water partition coefficient (Wildman–Crippen LogP) is 0.993. The molecular formula is C10H10FN3O2. The maximum atomic E-state index is 13.5. The molecule has 0 unspecified atom stereocenters. The van der Waals surface area contributed by atoms with Crippen molar-refractivity contribution in [3.63, 3.8) is 0 Å². The Balaban J connectivity index is 2.42. The summed E-state index contributed by atoms with van der Waals surface area (Å²) in [6.07, 6.45) is 0.262. The van der Waals surface area contributed by atoms with Crippen LogP contribution in [0.4, 0.5) is 10.1 Å². The number of nitrogen functional groups attached to an aromatic ring is 1. The lowest BCUT2D eigenvalue weighted by atomic mass is 10.1. The summed E-state index contributed by atoms with van der Waals surface area (Å²) in [5, 5.41) is 12.3. The van der Waals surface area contributed by atoms with Crippen LogP contribution in [0, 0.1) is 5.82 Å². The fourth-order valence-electron chi connectivity index (χ4n) is 1.32. The minimum Gasteiger partial charge on any atom is -0.398 e. The van der Waals surface area contributed by atoms with Gasteiger partial charge in [-0.15, -0.1) is 0 Å². The molecule has 0 radical (unpaired) electrons. The van der Waals surface area contributed by atoms with Gasteiger partial charge in [0.15, 0.2) is 5.82 Å². The van der Waals surface area contributed by atoms with E-state index in [-0.39, 0.29) is 30.2 Å². The summed E-state index contributed by atoms with van der Waals surface area (Å²) < 4.78 is 18.3. The topological polar surface area (TPSA) is 85.2 Å². The molecule has 1 heterocycles. The molecular weight excluding hydrogens is 213 g/mol. The van der Waals surface area contributed by atoms with Gasteiger partial charge in [0.2, 0.25) is 0 Å². The summed E-state index contributed by atoms with van der Waals surface area (Å²) >= 11 is 0. The average molecular weight is 223 g/mol. The van der Waals surface area contributed by atoms with E-state index >= 15 is 0 Å². The lowest BCUT2D eigenvalue weighted by molar-refractivity contribution is 0.293. The molecule has 0 aliphatic heterocycles. The maximum absolute atomic E-state index is 13.5. The molecule has 0 atom stereocenters. The van der Waals surface area contributed by atoms with Gasteiger partial charge in [-0.1, -0.05) is 11.2 Å². The molecule has 0 saturated carbocycles. The zero-order valence-electron chi connectivity index (χ0n) is 8.35. The van der Waals surface area contributed by atoms with Gasteiger partial charge in [0.1, 0.15) is 5.82 Å². The Kier molecular flexibility index (Phi) is 2.82. The van der Waals surface area contributed by atoms with Crippen LogP contribution < -0.4 is 5.73 Å². The third kappa shape index (κ3) is 1.87. The molecule has 0 bridgehead atoms. The van der Waals surface area contributed by atoms with Gasteiger partial charge >= 0.3 is 0 Å². The Morgan fingerprint density at radius 2 is 2.25 bits per heavy atom. The van der Waals surface area contributed by atoms with Gasteiger partial charge in [-0.25, -0.2) is 4.39 Å². The van der Waals surface area contributed by atoms with Crippen LogP contribution in [-0.2, 0) is 6.42 Å². The molecule has 6 heteroatoms.